The first-order chi connectivity index (χ1) is 6.34. The Hall–Kier alpha value is -0.450. The number of hydrogen-bond acceptors (Lipinski definition) is 4. The molecule has 0 radical (unpaired) electrons. The summed E-state index contributed by atoms with van der Waals surface area (Å²) in [6.45, 7) is 0. The molecular formula is C9H7NS3. The van der Waals surface area contributed by atoms with Gasteiger partial charge in [-0.1, -0.05) is 17.8 Å². The molecule has 0 aliphatic heterocycles. The Morgan fingerprint density at radius 2 is 2.31 bits per heavy atom. The van der Waals surface area contributed by atoms with E-state index in [0.717, 1.165) is 9.24 Å². The highest BCUT2D eigenvalue weighted by atomic mass is 32.2. The molecule has 0 unspecified atom stereocenters. The topological polar surface area (TPSA) is 12.9 Å². The second-order valence-corrected chi connectivity index (χ2v) is 5.18. The average molecular weight is 225 g/mol. The maximum atomic E-state index is 4.26. The number of hydrogen-bond donors (Lipinski definition) is 1. The van der Waals surface area contributed by atoms with Gasteiger partial charge >= 0.3 is 0 Å². The molecule has 0 N–H and O–H groups in total. The van der Waals surface area contributed by atoms with Gasteiger partial charge in [-0.2, -0.15) is 0 Å². The lowest BCUT2D eigenvalue weighted by Gasteiger charge is -1.94. The van der Waals surface area contributed by atoms with E-state index in [-0.39, 0.29) is 0 Å². The molecule has 2 rings (SSSR count). The van der Waals surface area contributed by atoms with Crippen molar-refractivity contribution >= 4 is 35.7 Å². The van der Waals surface area contributed by atoms with Gasteiger partial charge in [0.15, 0.2) is 0 Å². The number of thiophene rings is 1. The average Bonchev–Trinajstić information content (AvgIpc) is 2.53. The number of thiol groups is 1. The Balaban J connectivity index is 2.15. The fourth-order valence-corrected chi connectivity index (χ4v) is 2.86. The van der Waals surface area contributed by atoms with E-state index >= 15 is 0 Å². The predicted octanol–water partition coefficient (Wildman–Crippen LogP) is 3.58. The molecule has 13 heavy (non-hydrogen) atoms. The fraction of sp³-hybridized carbons (Fsp3) is 0. The first-order valence-corrected chi connectivity index (χ1v) is 5.85. The maximum absolute atomic E-state index is 4.26. The molecule has 0 amide bonds. The predicted molar refractivity (Wildman–Crippen MR) is 59.9 cm³/mol. The Bertz CT molecular complexity index is 383. The minimum Gasteiger partial charge on any atom is -0.250 e. The van der Waals surface area contributed by atoms with Crippen molar-refractivity contribution in [2.45, 2.75) is 14.1 Å². The van der Waals surface area contributed by atoms with Crippen molar-refractivity contribution in [3.05, 3.63) is 35.8 Å². The largest absolute Gasteiger partial charge is 0.250 e. The molecule has 0 aliphatic rings. The van der Waals surface area contributed by atoms with Crippen LogP contribution in [0.5, 0.6) is 0 Å². The van der Waals surface area contributed by atoms with Crippen molar-refractivity contribution in [3.63, 3.8) is 0 Å². The Labute approximate surface area is 90.6 Å². The van der Waals surface area contributed by atoms with Gasteiger partial charge in [-0.25, -0.2) is 4.98 Å². The van der Waals surface area contributed by atoms with Crippen LogP contribution in [0.1, 0.15) is 0 Å². The first-order valence-electron chi connectivity index (χ1n) is 3.71. The number of pyridine rings is 1. The standard InChI is InChI=1S/C9H7NS3/c11-9-5-7(6-12-9)13-8-3-1-2-4-10-8/h1-6,11H. The summed E-state index contributed by atoms with van der Waals surface area (Å²) in [5, 5.41) is 3.11. The van der Waals surface area contributed by atoms with Crippen LogP contribution in [0.4, 0.5) is 0 Å². The van der Waals surface area contributed by atoms with E-state index in [1.807, 2.05) is 24.3 Å². The van der Waals surface area contributed by atoms with Crippen molar-refractivity contribution in [3.8, 4) is 0 Å². The van der Waals surface area contributed by atoms with Crippen LogP contribution in [0.3, 0.4) is 0 Å². The molecule has 0 saturated carbocycles. The lowest BCUT2D eigenvalue weighted by atomic mass is 10.5. The number of rotatable bonds is 2. The van der Waals surface area contributed by atoms with Gasteiger partial charge in [0.05, 0.1) is 4.21 Å². The smallest absolute Gasteiger partial charge is 0.101 e. The quantitative estimate of drug-likeness (QED) is 0.784. The van der Waals surface area contributed by atoms with Crippen LogP contribution in [0.25, 0.3) is 0 Å². The van der Waals surface area contributed by atoms with Gasteiger partial charge in [0.1, 0.15) is 5.03 Å². The van der Waals surface area contributed by atoms with Crippen LogP contribution in [0.2, 0.25) is 0 Å². The van der Waals surface area contributed by atoms with E-state index in [1.165, 1.54) is 4.90 Å². The van der Waals surface area contributed by atoms with Crippen molar-refractivity contribution in [1.82, 2.24) is 4.98 Å². The second-order valence-electron chi connectivity index (χ2n) is 2.39. The van der Waals surface area contributed by atoms with E-state index in [1.54, 1.807) is 29.3 Å². The summed E-state index contributed by atoms with van der Waals surface area (Å²) in [5.74, 6) is 0. The van der Waals surface area contributed by atoms with Crippen molar-refractivity contribution in [1.29, 1.82) is 0 Å². The lowest BCUT2D eigenvalue weighted by molar-refractivity contribution is 1.13. The van der Waals surface area contributed by atoms with Crippen LogP contribution in [-0.4, -0.2) is 4.98 Å². The van der Waals surface area contributed by atoms with E-state index in [0.29, 0.717) is 0 Å². The highest BCUT2D eigenvalue weighted by Gasteiger charge is 1.99. The monoisotopic (exact) mass is 225 g/mol. The van der Waals surface area contributed by atoms with Gasteiger partial charge in [0.2, 0.25) is 0 Å². The molecule has 0 bridgehead atoms. The minimum absolute atomic E-state index is 1.02. The molecule has 2 aromatic rings. The summed E-state index contributed by atoms with van der Waals surface area (Å²) in [7, 11) is 0. The molecule has 0 spiro atoms. The Morgan fingerprint density at radius 1 is 1.38 bits per heavy atom. The summed E-state index contributed by atoms with van der Waals surface area (Å²) in [5.41, 5.74) is 0. The molecule has 1 nitrogen and oxygen atoms in total. The molecule has 66 valence electrons. The summed E-state index contributed by atoms with van der Waals surface area (Å²) in [6.07, 6.45) is 1.80. The van der Waals surface area contributed by atoms with Gasteiger partial charge in [-0.3, -0.25) is 0 Å². The van der Waals surface area contributed by atoms with Gasteiger partial charge in [0, 0.05) is 16.5 Å². The van der Waals surface area contributed by atoms with Crippen molar-refractivity contribution in [2.75, 3.05) is 0 Å². The van der Waals surface area contributed by atoms with Gasteiger partial charge < -0.3 is 0 Å². The zero-order valence-corrected chi connectivity index (χ0v) is 9.20. The molecule has 4 heteroatoms. The Morgan fingerprint density at radius 3 is 2.92 bits per heavy atom. The normalized spacial score (nSPS) is 10.2. The first kappa shape index (κ1) is 9.12. The van der Waals surface area contributed by atoms with E-state index in [4.69, 9.17) is 0 Å². The summed E-state index contributed by atoms with van der Waals surface area (Å²) < 4.78 is 1.04. The number of aromatic nitrogens is 1. The summed E-state index contributed by atoms with van der Waals surface area (Å²) in [4.78, 5) is 5.43. The summed E-state index contributed by atoms with van der Waals surface area (Å²) in [6, 6.07) is 7.96. The Kier molecular flexibility index (Phi) is 2.93. The SMILES string of the molecule is Sc1cc(Sc2ccccn2)cs1. The molecule has 0 saturated heterocycles. The number of nitrogens with zero attached hydrogens (tertiary/aromatic N) is 1. The third-order valence-electron chi connectivity index (χ3n) is 1.42. The van der Waals surface area contributed by atoms with Crippen LogP contribution in [0, 0.1) is 0 Å². The third kappa shape index (κ3) is 2.49. The van der Waals surface area contributed by atoms with E-state index < -0.39 is 0 Å². The van der Waals surface area contributed by atoms with E-state index in [9.17, 15) is 0 Å². The molecular weight excluding hydrogens is 218 g/mol. The second kappa shape index (κ2) is 4.17. The molecule has 0 atom stereocenters. The third-order valence-corrected chi connectivity index (χ3v) is 3.67. The maximum Gasteiger partial charge on any atom is 0.101 e. The molecule has 0 fully saturated rings. The van der Waals surface area contributed by atoms with Crippen molar-refractivity contribution < 1.29 is 0 Å². The molecule has 0 aliphatic carbocycles. The minimum atomic E-state index is 1.02. The van der Waals surface area contributed by atoms with Crippen LogP contribution in [0.15, 0.2) is 50.0 Å². The molecule has 0 aromatic carbocycles. The highest BCUT2D eigenvalue weighted by Crippen LogP contribution is 2.31. The van der Waals surface area contributed by atoms with Crippen LogP contribution in [-0.2, 0) is 0 Å². The van der Waals surface area contributed by atoms with Crippen LogP contribution < -0.4 is 0 Å². The van der Waals surface area contributed by atoms with Gasteiger partial charge in [0.25, 0.3) is 0 Å². The molecule has 2 aromatic heterocycles. The summed E-state index contributed by atoms with van der Waals surface area (Å²) >= 11 is 7.55. The zero-order valence-electron chi connectivity index (χ0n) is 6.68. The van der Waals surface area contributed by atoms with Crippen molar-refractivity contribution in [2.24, 2.45) is 0 Å². The lowest BCUT2D eigenvalue weighted by Crippen LogP contribution is -1.74. The van der Waals surface area contributed by atoms with E-state index in [2.05, 4.69) is 23.0 Å². The van der Waals surface area contributed by atoms with Gasteiger partial charge in [-0.15, -0.1) is 24.0 Å². The van der Waals surface area contributed by atoms with Crippen LogP contribution >= 0.6 is 35.7 Å². The molecule has 2 heterocycles. The zero-order chi connectivity index (χ0) is 9.10. The highest BCUT2D eigenvalue weighted by molar-refractivity contribution is 7.99. The van der Waals surface area contributed by atoms with Gasteiger partial charge in [-0.05, 0) is 18.2 Å². The fourth-order valence-electron chi connectivity index (χ4n) is 0.890.